The highest BCUT2D eigenvalue weighted by atomic mass is 19.4. The molecule has 3 N–H and O–H groups in total. The first-order valence-corrected chi connectivity index (χ1v) is 17.6. The SMILES string of the molecule is C=CC(=O)N1CC2(CCN(c3nc(N4CC(N5CC[C@@H](C)C5)C4)nc4c(OCC(F)(F)F)c(-c5c(C)ccc(N)c5C=N)c(C=C)cc34)CC2)C1. The number of anilines is 3. The number of aryl methyl sites for hydroxylation is 1. The van der Waals surface area contributed by atoms with E-state index in [0.717, 1.165) is 45.2 Å². The van der Waals surface area contributed by atoms with Crippen LogP contribution in [0.25, 0.3) is 28.1 Å². The summed E-state index contributed by atoms with van der Waals surface area (Å²) in [7, 11) is 0. The Morgan fingerprint density at radius 1 is 1.10 bits per heavy atom. The molecule has 1 amide bonds. The monoisotopic (exact) mass is 702 g/mol. The molecule has 0 unspecified atom stereocenters. The Morgan fingerprint density at radius 3 is 2.43 bits per heavy atom. The van der Waals surface area contributed by atoms with Crippen LogP contribution in [0.2, 0.25) is 0 Å². The molecule has 0 bridgehead atoms. The van der Waals surface area contributed by atoms with E-state index in [1.165, 1.54) is 12.5 Å². The number of carbonyl (C=O) groups excluding carboxylic acids is 1. The number of nitrogens with zero attached hydrogens (tertiary/aromatic N) is 6. The number of aromatic nitrogens is 2. The van der Waals surface area contributed by atoms with Crippen molar-refractivity contribution >= 4 is 46.6 Å². The van der Waals surface area contributed by atoms with Crippen molar-refractivity contribution in [2.24, 2.45) is 11.3 Å². The third-order valence-corrected chi connectivity index (χ3v) is 11.2. The molecule has 13 heteroatoms. The molecule has 51 heavy (non-hydrogen) atoms. The number of nitrogens with one attached hydrogen (secondary N) is 1. The molecule has 0 radical (unpaired) electrons. The van der Waals surface area contributed by atoms with Gasteiger partial charge in [0.05, 0.1) is 0 Å². The molecule has 0 saturated carbocycles. The van der Waals surface area contributed by atoms with E-state index >= 15 is 0 Å². The van der Waals surface area contributed by atoms with Gasteiger partial charge >= 0.3 is 6.18 Å². The van der Waals surface area contributed by atoms with Crippen LogP contribution < -0.4 is 20.3 Å². The van der Waals surface area contributed by atoms with Gasteiger partial charge in [0.25, 0.3) is 0 Å². The summed E-state index contributed by atoms with van der Waals surface area (Å²) >= 11 is 0. The number of hydrogen-bond donors (Lipinski definition) is 2. The molecule has 4 fully saturated rings. The fraction of sp³-hybridized carbons (Fsp3) is 0.474. The van der Waals surface area contributed by atoms with Crippen LogP contribution in [-0.4, -0.2) is 103 Å². The second-order valence-electron chi connectivity index (χ2n) is 14.8. The molecular weight excluding hydrogens is 657 g/mol. The molecule has 4 aliphatic heterocycles. The van der Waals surface area contributed by atoms with Gasteiger partial charge in [0.2, 0.25) is 11.9 Å². The highest BCUT2D eigenvalue weighted by Crippen LogP contribution is 2.48. The summed E-state index contributed by atoms with van der Waals surface area (Å²) in [5, 5.41) is 8.77. The molecule has 4 aliphatic rings. The van der Waals surface area contributed by atoms with Crippen LogP contribution in [0.15, 0.2) is 37.4 Å². The zero-order valence-electron chi connectivity index (χ0n) is 29.2. The number of rotatable bonds is 9. The standard InChI is InChI=1S/C38H45F3N8O2/c1-5-25-15-27-33(34(51-22-38(39,40)41)32(25)31-24(4)7-8-29(43)28(31)16-42)44-36(48-18-26(19-48)47-12-9-23(3)17-47)45-35(27)46-13-10-37(11-14-46)20-49(21-37)30(50)6-2/h5-8,15-16,23,26,42H,1-2,9-14,17-22,43H2,3-4H3/t23-/m1/s1. The van der Waals surface area contributed by atoms with Gasteiger partial charge in [-0.3, -0.25) is 9.69 Å². The zero-order chi connectivity index (χ0) is 36.2. The van der Waals surface area contributed by atoms with Crippen LogP contribution in [0.4, 0.5) is 30.6 Å². The van der Waals surface area contributed by atoms with E-state index < -0.39 is 12.8 Å². The van der Waals surface area contributed by atoms with Crippen molar-refractivity contribution in [3.63, 3.8) is 0 Å². The Kier molecular flexibility index (Phi) is 8.97. The van der Waals surface area contributed by atoms with Crippen molar-refractivity contribution in [2.75, 3.05) is 74.5 Å². The quantitative estimate of drug-likeness (QED) is 0.161. The Morgan fingerprint density at radius 2 is 1.82 bits per heavy atom. The van der Waals surface area contributed by atoms with Crippen molar-refractivity contribution in [1.29, 1.82) is 5.41 Å². The first-order valence-electron chi connectivity index (χ1n) is 17.6. The van der Waals surface area contributed by atoms with E-state index in [4.69, 9.17) is 25.8 Å². The molecule has 1 atom stereocenters. The van der Waals surface area contributed by atoms with Crippen molar-refractivity contribution in [3.05, 3.63) is 54.1 Å². The van der Waals surface area contributed by atoms with Gasteiger partial charge < -0.3 is 30.6 Å². The molecule has 1 spiro atoms. The fourth-order valence-electron chi connectivity index (χ4n) is 8.26. The van der Waals surface area contributed by atoms with E-state index in [1.807, 2.05) is 17.9 Å². The largest absolute Gasteiger partial charge is 0.481 e. The number of carbonyl (C=O) groups is 1. The summed E-state index contributed by atoms with van der Waals surface area (Å²) in [4.78, 5) is 30.9. The topological polar surface area (TPSA) is 115 Å². The summed E-state index contributed by atoms with van der Waals surface area (Å²) in [6.45, 7) is 16.4. The van der Waals surface area contributed by atoms with E-state index in [0.29, 0.717) is 88.8 Å². The molecular formula is C38H45F3N8O2. The minimum absolute atomic E-state index is 0.0206. The molecule has 0 aliphatic carbocycles. The fourth-order valence-corrected chi connectivity index (χ4v) is 8.26. The first-order chi connectivity index (χ1) is 24.3. The third kappa shape index (κ3) is 6.41. The van der Waals surface area contributed by atoms with Crippen LogP contribution in [0.3, 0.4) is 0 Å². The predicted molar refractivity (Wildman–Crippen MR) is 196 cm³/mol. The molecule has 4 saturated heterocycles. The predicted octanol–water partition coefficient (Wildman–Crippen LogP) is 5.91. The highest BCUT2D eigenvalue weighted by molar-refractivity contribution is 6.06. The summed E-state index contributed by atoms with van der Waals surface area (Å²) in [5.41, 5.74) is 9.39. The number of amides is 1. The van der Waals surface area contributed by atoms with Crippen LogP contribution in [0.5, 0.6) is 5.75 Å². The maximum absolute atomic E-state index is 13.9. The van der Waals surface area contributed by atoms with Crippen LogP contribution in [0.1, 0.15) is 42.9 Å². The van der Waals surface area contributed by atoms with Crippen molar-refractivity contribution in [1.82, 2.24) is 19.8 Å². The normalized spacial score (nSPS) is 20.7. The number of ether oxygens (including phenoxy) is 1. The molecule has 7 rings (SSSR count). The Balaban J connectivity index is 1.36. The number of hydrogen-bond acceptors (Lipinski definition) is 9. The number of fused-ring (bicyclic) bond motifs is 1. The van der Waals surface area contributed by atoms with Crippen LogP contribution in [0, 0.1) is 23.7 Å². The van der Waals surface area contributed by atoms with Gasteiger partial charge in [0, 0.05) is 85.7 Å². The Labute approximate surface area is 296 Å². The van der Waals surface area contributed by atoms with Crippen molar-refractivity contribution in [2.45, 2.75) is 45.3 Å². The number of nitrogen functional groups attached to an aromatic ring is 1. The van der Waals surface area contributed by atoms with Gasteiger partial charge in [0.15, 0.2) is 12.4 Å². The van der Waals surface area contributed by atoms with Crippen LogP contribution in [-0.2, 0) is 4.79 Å². The summed E-state index contributed by atoms with van der Waals surface area (Å²) in [6.07, 6.45) is 2.27. The molecule has 2 aromatic carbocycles. The second-order valence-corrected chi connectivity index (χ2v) is 14.8. The van der Waals surface area contributed by atoms with Gasteiger partial charge in [-0.2, -0.15) is 18.2 Å². The smallest absolute Gasteiger partial charge is 0.422 e. The lowest BCUT2D eigenvalue weighted by Crippen LogP contribution is -2.61. The number of nitrogens with two attached hydrogens (primary N) is 1. The molecule has 3 aromatic rings. The number of piperidine rings is 1. The number of benzene rings is 2. The average Bonchev–Trinajstić information content (AvgIpc) is 3.50. The van der Waals surface area contributed by atoms with Gasteiger partial charge in [-0.15, -0.1) is 0 Å². The maximum atomic E-state index is 13.9. The second kappa shape index (κ2) is 13.2. The van der Waals surface area contributed by atoms with Crippen molar-refractivity contribution < 1.29 is 22.7 Å². The van der Waals surface area contributed by atoms with E-state index in [9.17, 15) is 18.0 Å². The van der Waals surface area contributed by atoms with Gasteiger partial charge in [-0.05, 0) is 73.5 Å². The number of alkyl halides is 3. The Bertz CT molecular complexity index is 1890. The van der Waals surface area contributed by atoms with E-state index in [-0.39, 0.29) is 22.6 Å². The lowest BCUT2D eigenvalue weighted by molar-refractivity contribution is -0.153. The molecule has 1 aromatic heterocycles. The summed E-state index contributed by atoms with van der Waals surface area (Å²) < 4.78 is 47.6. The number of halogens is 3. The van der Waals surface area contributed by atoms with Gasteiger partial charge in [-0.25, -0.2) is 4.98 Å². The summed E-state index contributed by atoms with van der Waals surface area (Å²) in [6, 6.07) is 5.70. The average molecular weight is 703 g/mol. The summed E-state index contributed by atoms with van der Waals surface area (Å²) in [5.74, 6) is 1.61. The van der Waals surface area contributed by atoms with Gasteiger partial charge in [0.1, 0.15) is 11.3 Å². The maximum Gasteiger partial charge on any atom is 0.422 e. The van der Waals surface area contributed by atoms with Gasteiger partial charge in [-0.1, -0.05) is 32.2 Å². The molecule has 10 nitrogen and oxygen atoms in total. The lowest BCUT2D eigenvalue weighted by Gasteiger charge is -2.54. The minimum atomic E-state index is -4.62. The highest BCUT2D eigenvalue weighted by Gasteiger charge is 2.47. The van der Waals surface area contributed by atoms with E-state index in [2.05, 4.69) is 34.8 Å². The lowest BCUT2D eigenvalue weighted by atomic mass is 9.72. The molecule has 270 valence electrons. The minimum Gasteiger partial charge on any atom is -0.481 e. The molecule has 5 heterocycles. The van der Waals surface area contributed by atoms with Crippen LogP contribution >= 0.6 is 0 Å². The third-order valence-electron chi connectivity index (χ3n) is 11.2. The zero-order valence-corrected chi connectivity index (χ0v) is 29.2. The van der Waals surface area contributed by atoms with Crippen molar-refractivity contribution in [3.8, 4) is 16.9 Å². The van der Waals surface area contributed by atoms with E-state index in [1.54, 1.807) is 18.2 Å². The number of likely N-dealkylation sites (tertiary alicyclic amines) is 2. The first kappa shape index (κ1) is 34.8. The Hall–Kier alpha value is -4.65.